The average molecular weight is 289 g/mol. The second-order valence-electron chi connectivity index (χ2n) is 7.31. The lowest BCUT2D eigenvalue weighted by Crippen LogP contribution is -2.41. The van der Waals surface area contributed by atoms with E-state index in [1.165, 1.54) is 12.8 Å². The van der Waals surface area contributed by atoms with Gasteiger partial charge in [-0.05, 0) is 40.5 Å². The molecule has 1 aliphatic heterocycles. The Balaban J connectivity index is 1.72. The third-order valence-electron chi connectivity index (χ3n) is 4.95. The molecule has 114 valence electrons. The molecule has 2 heterocycles. The van der Waals surface area contributed by atoms with E-state index in [-0.39, 0.29) is 23.7 Å². The van der Waals surface area contributed by atoms with Crippen molar-refractivity contribution >= 4 is 18.8 Å². The highest BCUT2D eigenvalue weighted by atomic mass is 16.7. The summed E-state index contributed by atoms with van der Waals surface area (Å²) < 4.78 is 14.1. The molecule has 5 nitrogen and oxygen atoms in total. The van der Waals surface area contributed by atoms with E-state index in [1.54, 1.807) is 0 Å². The van der Waals surface area contributed by atoms with E-state index in [0.29, 0.717) is 0 Å². The summed E-state index contributed by atoms with van der Waals surface area (Å²) in [5.41, 5.74) is 0.574. The van der Waals surface area contributed by atoms with Crippen molar-refractivity contribution in [2.45, 2.75) is 58.3 Å². The predicted octanol–water partition coefficient (Wildman–Crippen LogP) is 1.66. The van der Waals surface area contributed by atoms with E-state index in [0.717, 1.165) is 12.0 Å². The summed E-state index contributed by atoms with van der Waals surface area (Å²) in [6.07, 6.45) is 8.32. The number of hydrogen-bond acceptors (Lipinski definition) is 4. The first kappa shape index (κ1) is 14.8. The number of nitrogens with zero attached hydrogens (tertiary/aromatic N) is 3. The van der Waals surface area contributed by atoms with Crippen LogP contribution in [0.15, 0.2) is 17.4 Å². The molecular formula is C15H24BN3O2. The number of rotatable bonds is 4. The van der Waals surface area contributed by atoms with Gasteiger partial charge < -0.3 is 14.3 Å². The Morgan fingerprint density at radius 1 is 1.29 bits per heavy atom. The molecule has 0 amide bonds. The van der Waals surface area contributed by atoms with Crippen LogP contribution in [0.3, 0.4) is 0 Å². The molecule has 21 heavy (non-hydrogen) atoms. The monoisotopic (exact) mass is 289 g/mol. The van der Waals surface area contributed by atoms with Crippen LogP contribution >= 0.6 is 0 Å². The minimum absolute atomic E-state index is 0.216. The van der Waals surface area contributed by atoms with Gasteiger partial charge in [-0.15, -0.1) is 0 Å². The maximum atomic E-state index is 6.05. The Hall–Kier alpha value is -1.14. The summed E-state index contributed by atoms with van der Waals surface area (Å²) in [7, 11) is 1.50. The van der Waals surface area contributed by atoms with Crippen molar-refractivity contribution in [3.05, 3.63) is 12.4 Å². The molecule has 0 bridgehead atoms. The Labute approximate surface area is 126 Å². The van der Waals surface area contributed by atoms with Crippen LogP contribution in [-0.4, -0.2) is 41.4 Å². The maximum Gasteiger partial charge on any atom is 0.498 e. The molecule has 1 aliphatic carbocycles. The van der Waals surface area contributed by atoms with Crippen molar-refractivity contribution in [3.63, 3.8) is 0 Å². The van der Waals surface area contributed by atoms with E-state index >= 15 is 0 Å². The summed E-state index contributed by atoms with van der Waals surface area (Å²) in [5.74, 6) is 0. The SMILES string of the molecule is CN=CC1(Cn2cc(B3OC(C)(C)C(C)(C)O3)cn2)CC1. The molecule has 1 aromatic rings. The van der Waals surface area contributed by atoms with Crippen LogP contribution < -0.4 is 5.46 Å². The Morgan fingerprint density at radius 3 is 2.43 bits per heavy atom. The quantitative estimate of drug-likeness (QED) is 0.625. The van der Waals surface area contributed by atoms with Gasteiger partial charge in [-0.25, -0.2) is 0 Å². The molecule has 0 atom stereocenters. The van der Waals surface area contributed by atoms with Gasteiger partial charge in [-0.2, -0.15) is 5.10 Å². The van der Waals surface area contributed by atoms with Gasteiger partial charge in [-0.3, -0.25) is 4.68 Å². The van der Waals surface area contributed by atoms with Crippen LogP contribution in [0.4, 0.5) is 0 Å². The van der Waals surface area contributed by atoms with Gasteiger partial charge in [0.25, 0.3) is 0 Å². The van der Waals surface area contributed by atoms with Crippen LogP contribution in [0, 0.1) is 5.41 Å². The first-order chi connectivity index (χ1) is 9.77. The Bertz CT molecular complexity index is 545. The third-order valence-corrected chi connectivity index (χ3v) is 4.95. The Kier molecular flexibility index (Phi) is 3.30. The molecule has 0 unspecified atom stereocenters. The van der Waals surface area contributed by atoms with Gasteiger partial charge >= 0.3 is 7.12 Å². The van der Waals surface area contributed by atoms with Crippen molar-refractivity contribution in [2.24, 2.45) is 10.4 Å². The maximum absolute atomic E-state index is 6.05. The fraction of sp³-hybridized carbons (Fsp3) is 0.733. The second kappa shape index (κ2) is 4.68. The highest BCUT2D eigenvalue weighted by molar-refractivity contribution is 6.61. The minimum atomic E-state index is -0.334. The standard InChI is InChI=1S/C15H24BN3O2/c1-13(2)14(3,4)21-16(20-13)12-8-18-19(9-12)11-15(6-7-15)10-17-5/h8-10H,6-7,11H2,1-5H3. The molecule has 1 aromatic heterocycles. The first-order valence-corrected chi connectivity index (χ1v) is 7.58. The molecule has 0 radical (unpaired) electrons. The molecule has 3 rings (SSSR count). The molecule has 2 fully saturated rings. The second-order valence-corrected chi connectivity index (χ2v) is 7.31. The van der Waals surface area contributed by atoms with Crippen molar-refractivity contribution in [2.75, 3.05) is 7.05 Å². The van der Waals surface area contributed by atoms with Crippen LogP contribution in [0.1, 0.15) is 40.5 Å². The zero-order valence-electron chi connectivity index (χ0n) is 13.6. The zero-order valence-corrected chi connectivity index (χ0v) is 13.6. The van der Waals surface area contributed by atoms with Crippen LogP contribution in [0.25, 0.3) is 0 Å². The van der Waals surface area contributed by atoms with Gasteiger partial charge in [0.05, 0.1) is 17.7 Å². The largest absolute Gasteiger partial charge is 0.498 e. The van der Waals surface area contributed by atoms with E-state index in [2.05, 4.69) is 44.0 Å². The van der Waals surface area contributed by atoms with E-state index < -0.39 is 0 Å². The topological polar surface area (TPSA) is 48.6 Å². The fourth-order valence-corrected chi connectivity index (χ4v) is 2.65. The molecule has 0 aromatic carbocycles. The molecule has 0 spiro atoms. The van der Waals surface area contributed by atoms with Crippen LogP contribution in [0.2, 0.25) is 0 Å². The van der Waals surface area contributed by atoms with Crippen molar-refractivity contribution in [1.29, 1.82) is 0 Å². The van der Waals surface area contributed by atoms with Gasteiger partial charge in [-0.1, -0.05) is 0 Å². The van der Waals surface area contributed by atoms with Gasteiger partial charge in [0.1, 0.15) is 0 Å². The van der Waals surface area contributed by atoms with E-state index in [1.807, 2.05) is 24.1 Å². The van der Waals surface area contributed by atoms with Crippen molar-refractivity contribution in [3.8, 4) is 0 Å². The molecule has 1 saturated heterocycles. The van der Waals surface area contributed by atoms with Crippen molar-refractivity contribution in [1.82, 2.24) is 9.78 Å². The molecule has 0 N–H and O–H groups in total. The minimum Gasteiger partial charge on any atom is -0.399 e. The normalized spacial score (nSPS) is 25.7. The third kappa shape index (κ3) is 2.67. The first-order valence-electron chi connectivity index (χ1n) is 7.58. The fourth-order valence-electron chi connectivity index (χ4n) is 2.65. The molecule has 2 aliphatic rings. The lowest BCUT2D eigenvalue weighted by molar-refractivity contribution is 0.00578. The van der Waals surface area contributed by atoms with E-state index in [4.69, 9.17) is 9.31 Å². The molecule has 6 heteroatoms. The van der Waals surface area contributed by atoms with Crippen LogP contribution in [0.5, 0.6) is 0 Å². The summed E-state index contributed by atoms with van der Waals surface area (Å²) in [6, 6.07) is 0. The predicted molar refractivity (Wildman–Crippen MR) is 84.0 cm³/mol. The summed E-state index contributed by atoms with van der Waals surface area (Å²) >= 11 is 0. The smallest absolute Gasteiger partial charge is 0.399 e. The van der Waals surface area contributed by atoms with Gasteiger partial charge in [0.15, 0.2) is 0 Å². The molecule has 1 saturated carbocycles. The number of aromatic nitrogens is 2. The average Bonchev–Trinajstić information content (AvgIpc) is 2.88. The van der Waals surface area contributed by atoms with Gasteiger partial charge in [0, 0.05) is 36.5 Å². The lowest BCUT2D eigenvalue weighted by atomic mass is 9.82. The van der Waals surface area contributed by atoms with Crippen molar-refractivity contribution < 1.29 is 9.31 Å². The zero-order chi connectivity index (χ0) is 15.3. The van der Waals surface area contributed by atoms with Crippen LogP contribution in [-0.2, 0) is 15.9 Å². The number of aliphatic imine (C=N–C) groups is 1. The highest BCUT2D eigenvalue weighted by Crippen LogP contribution is 2.45. The Morgan fingerprint density at radius 2 is 1.90 bits per heavy atom. The van der Waals surface area contributed by atoms with E-state index in [9.17, 15) is 0 Å². The summed E-state index contributed by atoms with van der Waals surface area (Å²) in [4.78, 5) is 4.17. The highest BCUT2D eigenvalue weighted by Gasteiger charge is 2.52. The number of hydrogen-bond donors (Lipinski definition) is 0. The summed E-state index contributed by atoms with van der Waals surface area (Å²) in [6.45, 7) is 9.13. The van der Waals surface area contributed by atoms with Gasteiger partial charge in [0.2, 0.25) is 0 Å². The lowest BCUT2D eigenvalue weighted by Gasteiger charge is -2.32. The molecular weight excluding hydrogens is 265 g/mol. The summed E-state index contributed by atoms with van der Waals surface area (Å²) in [5, 5.41) is 4.46.